The summed E-state index contributed by atoms with van der Waals surface area (Å²) in [7, 11) is -3.90. The van der Waals surface area contributed by atoms with Crippen LogP contribution in [0.25, 0.3) is 0 Å². The molecule has 0 aliphatic rings. The molecular formula is C14H23N3O4S. The number of sulfonamides is 1. The summed E-state index contributed by atoms with van der Waals surface area (Å²) in [5.74, 6) is 0.252. The lowest BCUT2D eigenvalue weighted by Crippen LogP contribution is -2.52. The maximum absolute atomic E-state index is 12.6. The number of rotatable bonds is 7. The highest BCUT2D eigenvalue weighted by Crippen LogP contribution is 2.24. The number of nitrogens with two attached hydrogens (primary N) is 1. The van der Waals surface area contributed by atoms with E-state index in [0.29, 0.717) is 12.0 Å². The van der Waals surface area contributed by atoms with Crippen LogP contribution in [0.3, 0.4) is 0 Å². The van der Waals surface area contributed by atoms with Gasteiger partial charge in [0.25, 0.3) is 5.69 Å². The minimum absolute atomic E-state index is 0.0925. The van der Waals surface area contributed by atoms with Gasteiger partial charge in [0.2, 0.25) is 10.0 Å². The van der Waals surface area contributed by atoms with E-state index in [0.717, 1.165) is 6.07 Å². The third-order valence-corrected chi connectivity index (χ3v) is 5.14. The molecule has 0 heterocycles. The van der Waals surface area contributed by atoms with Gasteiger partial charge < -0.3 is 5.73 Å². The van der Waals surface area contributed by atoms with Crippen molar-refractivity contribution in [1.82, 2.24) is 4.72 Å². The number of benzene rings is 1. The average Bonchev–Trinajstić information content (AvgIpc) is 2.36. The van der Waals surface area contributed by atoms with Crippen molar-refractivity contribution >= 4 is 15.7 Å². The summed E-state index contributed by atoms with van der Waals surface area (Å²) in [6.45, 7) is 7.41. The van der Waals surface area contributed by atoms with Gasteiger partial charge in [-0.05, 0) is 31.7 Å². The standard InChI is InChI=1S/C14H23N3O4S/c1-10(2)8-14(4,9-15)16-22(20,21)13-7-12(17(18)19)6-5-11(13)3/h5-7,10,16H,8-9,15H2,1-4H3. The fourth-order valence-electron chi connectivity index (χ4n) is 2.44. The van der Waals surface area contributed by atoms with Gasteiger partial charge in [-0.1, -0.05) is 19.9 Å². The Labute approximate surface area is 131 Å². The van der Waals surface area contributed by atoms with Crippen molar-refractivity contribution in [2.24, 2.45) is 11.7 Å². The molecule has 1 aromatic carbocycles. The van der Waals surface area contributed by atoms with Crippen LogP contribution in [0.15, 0.2) is 23.1 Å². The molecule has 1 atom stereocenters. The summed E-state index contributed by atoms with van der Waals surface area (Å²) in [6, 6.07) is 3.78. The molecule has 0 radical (unpaired) electrons. The number of hydrogen-bond acceptors (Lipinski definition) is 5. The van der Waals surface area contributed by atoms with Crippen LogP contribution in [0.5, 0.6) is 0 Å². The number of nitro benzene ring substituents is 1. The molecule has 7 nitrogen and oxygen atoms in total. The quantitative estimate of drug-likeness (QED) is 0.586. The Bertz CT molecular complexity index is 658. The molecule has 0 bridgehead atoms. The van der Waals surface area contributed by atoms with Gasteiger partial charge >= 0.3 is 0 Å². The lowest BCUT2D eigenvalue weighted by atomic mass is 9.92. The second kappa shape index (κ2) is 6.72. The van der Waals surface area contributed by atoms with E-state index in [1.165, 1.54) is 12.1 Å². The molecule has 1 aromatic rings. The Morgan fingerprint density at radius 3 is 2.45 bits per heavy atom. The molecule has 0 fully saturated rings. The molecular weight excluding hydrogens is 306 g/mol. The van der Waals surface area contributed by atoms with Crippen molar-refractivity contribution in [1.29, 1.82) is 0 Å². The molecule has 1 unspecified atom stereocenters. The van der Waals surface area contributed by atoms with Gasteiger partial charge in [0, 0.05) is 24.2 Å². The molecule has 0 amide bonds. The number of nitrogens with one attached hydrogen (secondary N) is 1. The zero-order valence-corrected chi connectivity index (χ0v) is 14.1. The zero-order chi connectivity index (χ0) is 17.1. The van der Waals surface area contributed by atoms with Crippen molar-refractivity contribution in [2.75, 3.05) is 6.54 Å². The molecule has 0 spiro atoms. The summed E-state index contributed by atoms with van der Waals surface area (Å²) in [4.78, 5) is 10.1. The van der Waals surface area contributed by atoms with Crippen LogP contribution in [-0.2, 0) is 10.0 Å². The Kier molecular flexibility index (Phi) is 5.66. The Balaban J connectivity index is 3.24. The normalized spacial score (nSPS) is 14.8. The predicted molar refractivity (Wildman–Crippen MR) is 85.1 cm³/mol. The Hall–Kier alpha value is -1.51. The lowest BCUT2D eigenvalue weighted by molar-refractivity contribution is -0.385. The number of nitrogens with zero attached hydrogens (tertiary/aromatic N) is 1. The average molecular weight is 329 g/mol. The van der Waals surface area contributed by atoms with Gasteiger partial charge in [-0.2, -0.15) is 0 Å². The number of aryl methyl sites for hydroxylation is 1. The number of nitro groups is 1. The third-order valence-electron chi connectivity index (χ3n) is 3.36. The monoisotopic (exact) mass is 329 g/mol. The van der Waals surface area contributed by atoms with Crippen molar-refractivity contribution in [3.8, 4) is 0 Å². The van der Waals surface area contributed by atoms with Crippen LogP contribution in [0.2, 0.25) is 0 Å². The van der Waals surface area contributed by atoms with E-state index in [9.17, 15) is 18.5 Å². The molecule has 0 aliphatic carbocycles. The predicted octanol–water partition coefficient (Wildman–Crippen LogP) is 1.95. The van der Waals surface area contributed by atoms with Crippen molar-refractivity contribution in [3.05, 3.63) is 33.9 Å². The minimum Gasteiger partial charge on any atom is -0.329 e. The van der Waals surface area contributed by atoms with Gasteiger partial charge in [-0.25, -0.2) is 13.1 Å². The van der Waals surface area contributed by atoms with E-state index in [1.807, 2.05) is 13.8 Å². The van der Waals surface area contributed by atoms with E-state index >= 15 is 0 Å². The van der Waals surface area contributed by atoms with Gasteiger partial charge in [0.05, 0.1) is 9.82 Å². The van der Waals surface area contributed by atoms with Crippen molar-refractivity contribution in [3.63, 3.8) is 0 Å². The highest BCUT2D eigenvalue weighted by Gasteiger charge is 2.31. The first-order valence-corrected chi connectivity index (χ1v) is 8.48. The maximum atomic E-state index is 12.6. The van der Waals surface area contributed by atoms with Crippen LogP contribution < -0.4 is 10.5 Å². The summed E-state index contributed by atoms with van der Waals surface area (Å²) in [6.07, 6.45) is 0.566. The van der Waals surface area contributed by atoms with Gasteiger partial charge in [0.1, 0.15) is 0 Å². The zero-order valence-electron chi connectivity index (χ0n) is 13.3. The van der Waals surface area contributed by atoms with Gasteiger partial charge in [-0.15, -0.1) is 0 Å². The summed E-state index contributed by atoms with van der Waals surface area (Å²) < 4.78 is 27.8. The first-order chi connectivity index (χ1) is 10.0. The molecule has 124 valence electrons. The summed E-state index contributed by atoms with van der Waals surface area (Å²) in [5, 5.41) is 10.8. The topological polar surface area (TPSA) is 115 Å². The molecule has 0 saturated heterocycles. The minimum atomic E-state index is -3.90. The molecule has 0 aromatic heterocycles. The first-order valence-electron chi connectivity index (χ1n) is 7.00. The number of non-ortho nitro benzene ring substituents is 1. The summed E-state index contributed by atoms with van der Waals surface area (Å²) in [5.41, 5.74) is 5.11. The molecule has 8 heteroatoms. The van der Waals surface area contributed by atoms with Crippen LogP contribution >= 0.6 is 0 Å². The molecule has 0 saturated carbocycles. The fourth-order valence-corrected chi connectivity index (χ4v) is 4.13. The summed E-state index contributed by atoms with van der Waals surface area (Å²) >= 11 is 0. The van der Waals surface area contributed by atoms with Crippen molar-refractivity contribution < 1.29 is 13.3 Å². The Morgan fingerprint density at radius 2 is 2.00 bits per heavy atom. The van der Waals surface area contributed by atoms with E-state index in [1.54, 1.807) is 13.8 Å². The SMILES string of the molecule is Cc1ccc([N+](=O)[O-])cc1S(=O)(=O)NC(C)(CN)CC(C)C. The molecule has 0 aliphatic heterocycles. The molecule has 22 heavy (non-hydrogen) atoms. The van der Waals surface area contributed by atoms with Gasteiger partial charge in [0.15, 0.2) is 0 Å². The molecule has 1 rings (SSSR count). The second-order valence-electron chi connectivity index (χ2n) is 6.18. The van der Waals surface area contributed by atoms with Crippen LogP contribution in [0.1, 0.15) is 32.8 Å². The lowest BCUT2D eigenvalue weighted by Gasteiger charge is -2.31. The maximum Gasteiger partial charge on any atom is 0.270 e. The molecule has 3 N–H and O–H groups in total. The van der Waals surface area contributed by atoms with E-state index in [4.69, 9.17) is 5.73 Å². The highest BCUT2D eigenvalue weighted by molar-refractivity contribution is 7.89. The first kappa shape index (κ1) is 18.5. The van der Waals surface area contributed by atoms with Gasteiger partial charge in [-0.3, -0.25) is 10.1 Å². The number of hydrogen-bond donors (Lipinski definition) is 2. The van der Waals surface area contributed by atoms with E-state index < -0.39 is 20.5 Å². The van der Waals surface area contributed by atoms with Crippen LogP contribution in [-0.4, -0.2) is 25.4 Å². The third kappa shape index (κ3) is 4.49. The second-order valence-corrected chi connectivity index (χ2v) is 7.83. The smallest absolute Gasteiger partial charge is 0.270 e. The van der Waals surface area contributed by atoms with Crippen molar-refractivity contribution in [2.45, 2.75) is 44.6 Å². The largest absolute Gasteiger partial charge is 0.329 e. The highest BCUT2D eigenvalue weighted by atomic mass is 32.2. The fraction of sp³-hybridized carbons (Fsp3) is 0.571. The Morgan fingerprint density at radius 1 is 1.41 bits per heavy atom. The van der Waals surface area contributed by atoms with Crippen LogP contribution in [0.4, 0.5) is 5.69 Å². The van der Waals surface area contributed by atoms with Crippen LogP contribution in [0, 0.1) is 23.0 Å². The van der Waals surface area contributed by atoms with E-state index in [-0.39, 0.29) is 23.0 Å². The van der Waals surface area contributed by atoms with E-state index in [2.05, 4.69) is 4.72 Å².